The molecule has 3 N–H and O–H groups in total. The summed E-state index contributed by atoms with van der Waals surface area (Å²) in [5.41, 5.74) is 0.641. The Hall–Kier alpha value is -0.970. The second-order valence-corrected chi connectivity index (χ2v) is 5.17. The molecule has 0 saturated carbocycles. The number of guanidine groups is 1. The number of methoxy groups -OCH3 is 1. The second kappa shape index (κ2) is 15.3. The van der Waals surface area contributed by atoms with Gasteiger partial charge in [0.2, 0.25) is 0 Å². The van der Waals surface area contributed by atoms with E-state index in [2.05, 4.69) is 15.6 Å². The number of nitrogens with zero attached hydrogens (tertiary/aromatic N) is 1. The maximum atomic E-state index is 12.9. The van der Waals surface area contributed by atoms with Gasteiger partial charge in [-0.3, -0.25) is 4.99 Å². The molecule has 0 fully saturated rings. The number of aliphatic imine (C=N–C) groups is 1. The summed E-state index contributed by atoms with van der Waals surface area (Å²) >= 11 is 0. The van der Waals surface area contributed by atoms with Crippen LogP contribution in [0.25, 0.3) is 0 Å². The van der Waals surface area contributed by atoms with Crippen LogP contribution in [0.15, 0.2) is 29.3 Å². The standard InChI is InChI=1S/C17H28FN3O3.HI/c1-3-19-17(20-9-4-10-24-12-11-23-2)21-13-16(22)14-5-7-15(18)8-6-14;/h5-8,16,22H,3-4,9-13H2,1-2H3,(H2,19,20,21);1H. The van der Waals surface area contributed by atoms with E-state index in [4.69, 9.17) is 9.47 Å². The predicted octanol–water partition coefficient (Wildman–Crippen LogP) is 2.09. The molecular formula is C17H29FIN3O3. The van der Waals surface area contributed by atoms with Gasteiger partial charge in [-0.25, -0.2) is 4.39 Å². The monoisotopic (exact) mass is 469 g/mol. The van der Waals surface area contributed by atoms with Crippen LogP contribution in [0, 0.1) is 5.82 Å². The lowest BCUT2D eigenvalue weighted by atomic mass is 10.1. The van der Waals surface area contributed by atoms with Crippen molar-refractivity contribution in [1.29, 1.82) is 0 Å². The largest absolute Gasteiger partial charge is 0.386 e. The van der Waals surface area contributed by atoms with Crippen molar-refractivity contribution in [2.24, 2.45) is 4.99 Å². The molecule has 0 radical (unpaired) electrons. The first-order chi connectivity index (χ1) is 11.7. The zero-order chi connectivity index (χ0) is 17.6. The highest BCUT2D eigenvalue weighted by atomic mass is 127. The van der Waals surface area contributed by atoms with Crippen molar-refractivity contribution in [3.63, 3.8) is 0 Å². The van der Waals surface area contributed by atoms with Crippen LogP contribution in [-0.2, 0) is 9.47 Å². The Morgan fingerprint density at radius 3 is 2.56 bits per heavy atom. The zero-order valence-electron chi connectivity index (χ0n) is 14.8. The van der Waals surface area contributed by atoms with Gasteiger partial charge in [0.05, 0.1) is 25.9 Å². The van der Waals surface area contributed by atoms with Gasteiger partial charge in [-0.05, 0) is 31.0 Å². The van der Waals surface area contributed by atoms with E-state index >= 15 is 0 Å². The quantitative estimate of drug-likeness (QED) is 0.200. The van der Waals surface area contributed by atoms with Gasteiger partial charge in [0.1, 0.15) is 5.82 Å². The number of aliphatic hydroxyl groups is 1. The second-order valence-electron chi connectivity index (χ2n) is 5.17. The summed E-state index contributed by atoms with van der Waals surface area (Å²) in [5.74, 6) is 0.313. The van der Waals surface area contributed by atoms with E-state index < -0.39 is 6.10 Å². The molecule has 0 aliphatic rings. The van der Waals surface area contributed by atoms with E-state index in [1.807, 2.05) is 6.92 Å². The molecule has 0 saturated heterocycles. The number of rotatable bonds is 11. The first-order valence-corrected chi connectivity index (χ1v) is 8.19. The number of benzene rings is 1. The van der Waals surface area contributed by atoms with Gasteiger partial charge >= 0.3 is 0 Å². The van der Waals surface area contributed by atoms with E-state index in [1.54, 1.807) is 19.2 Å². The van der Waals surface area contributed by atoms with Crippen LogP contribution >= 0.6 is 24.0 Å². The van der Waals surface area contributed by atoms with Gasteiger partial charge in [-0.15, -0.1) is 24.0 Å². The van der Waals surface area contributed by atoms with Gasteiger partial charge in [0, 0.05) is 26.8 Å². The molecule has 1 unspecified atom stereocenters. The summed E-state index contributed by atoms with van der Waals surface area (Å²) in [5, 5.41) is 16.4. The molecular weight excluding hydrogens is 440 g/mol. The molecule has 0 spiro atoms. The number of ether oxygens (including phenoxy) is 2. The Kier molecular flexibility index (Phi) is 14.7. The normalized spacial score (nSPS) is 12.4. The van der Waals surface area contributed by atoms with Crippen molar-refractivity contribution in [2.75, 3.05) is 46.6 Å². The number of hydrogen-bond acceptors (Lipinski definition) is 4. The molecule has 1 atom stereocenters. The minimum atomic E-state index is -0.765. The molecule has 6 nitrogen and oxygen atoms in total. The smallest absolute Gasteiger partial charge is 0.191 e. The number of aliphatic hydroxyl groups excluding tert-OH is 1. The SMILES string of the molecule is CCNC(=NCC(O)c1ccc(F)cc1)NCCCOCCOC.I. The summed E-state index contributed by atoms with van der Waals surface area (Å²) in [6.45, 7) is 5.45. The summed E-state index contributed by atoms with van der Waals surface area (Å²) < 4.78 is 23.2. The Labute approximate surface area is 166 Å². The lowest BCUT2D eigenvalue weighted by Gasteiger charge is -2.13. The zero-order valence-corrected chi connectivity index (χ0v) is 17.2. The number of nitrogens with one attached hydrogen (secondary N) is 2. The number of halogens is 2. The van der Waals surface area contributed by atoms with Gasteiger partial charge in [0.15, 0.2) is 5.96 Å². The Bertz CT molecular complexity index is 475. The molecule has 0 bridgehead atoms. The van der Waals surface area contributed by atoms with Crippen molar-refractivity contribution in [2.45, 2.75) is 19.4 Å². The van der Waals surface area contributed by atoms with Crippen molar-refractivity contribution >= 4 is 29.9 Å². The topological polar surface area (TPSA) is 75.1 Å². The van der Waals surface area contributed by atoms with Crippen LogP contribution in [0.3, 0.4) is 0 Å². The Morgan fingerprint density at radius 1 is 1.20 bits per heavy atom. The van der Waals surface area contributed by atoms with Crippen LogP contribution in [0.1, 0.15) is 25.0 Å². The van der Waals surface area contributed by atoms with Crippen molar-refractivity contribution in [3.05, 3.63) is 35.6 Å². The number of hydrogen-bond donors (Lipinski definition) is 3. The van der Waals surface area contributed by atoms with E-state index in [-0.39, 0.29) is 36.3 Å². The first-order valence-electron chi connectivity index (χ1n) is 8.19. The van der Waals surface area contributed by atoms with Crippen molar-refractivity contribution in [1.82, 2.24) is 10.6 Å². The molecule has 0 amide bonds. The van der Waals surface area contributed by atoms with E-state index in [9.17, 15) is 9.50 Å². The van der Waals surface area contributed by atoms with Crippen LogP contribution in [0.2, 0.25) is 0 Å². The summed E-state index contributed by atoms with van der Waals surface area (Å²) in [4.78, 5) is 4.35. The van der Waals surface area contributed by atoms with Crippen LogP contribution in [0.4, 0.5) is 4.39 Å². The van der Waals surface area contributed by atoms with Crippen LogP contribution in [-0.4, -0.2) is 57.6 Å². The lowest BCUT2D eigenvalue weighted by Crippen LogP contribution is -2.38. The van der Waals surface area contributed by atoms with E-state index in [0.29, 0.717) is 37.9 Å². The molecule has 8 heteroatoms. The third-order valence-corrected chi connectivity index (χ3v) is 3.21. The summed E-state index contributed by atoms with van der Waals surface area (Å²) in [7, 11) is 1.64. The minimum absolute atomic E-state index is 0. The Morgan fingerprint density at radius 2 is 1.92 bits per heavy atom. The van der Waals surface area contributed by atoms with Gasteiger partial charge in [-0.2, -0.15) is 0 Å². The maximum Gasteiger partial charge on any atom is 0.191 e. The molecule has 1 aromatic rings. The van der Waals surface area contributed by atoms with E-state index in [1.165, 1.54) is 12.1 Å². The predicted molar refractivity (Wildman–Crippen MR) is 108 cm³/mol. The third kappa shape index (κ3) is 11.3. The molecule has 0 aliphatic heterocycles. The fraction of sp³-hybridized carbons (Fsp3) is 0.588. The first kappa shape index (κ1) is 24.0. The van der Waals surface area contributed by atoms with Gasteiger partial charge in [-0.1, -0.05) is 12.1 Å². The van der Waals surface area contributed by atoms with Crippen LogP contribution in [0.5, 0.6) is 0 Å². The molecule has 1 rings (SSSR count). The highest BCUT2D eigenvalue weighted by Crippen LogP contribution is 2.13. The molecule has 144 valence electrons. The molecule has 25 heavy (non-hydrogen) atoms. The fourth-order valence-electron chi connectivity index (χ4n) is 1.94. The molecule has 0 aliphatic carbocycles. The third-order valence-electron chi connectivity index (χ3n) is 3.21. The fourth-order valence-corrected chi connectivity index (χ4v) is 1.94. The minimum Gasteiger partial charge on any atom is -0.386 e. The van der Waals surface area contributed by atoms with Gasteiger partial charge < -0.3 is 25.2 Å². The highest BCUT2D eigenvalue weighted by molar-refractivity contribution is 14.0. The lowest BCUT2D eigenvalue weighted by molar-refractivity contribution is 0.0698. The van der Waals surface area contributed by atoms with Crippen LogP contribution < -0.4 is 10.6 Å². The molecule has 0 aromatic heterocycles. The van der Waals surface area contributed by atoms with Gasteiger partial charge in [0.25, 0.3) is 0 Å². The van der Waals surface area contributed by atoms with Crippen molar-refractivity contribution < 1.29 is 19.0 Å². The Balaban J connectivity index is 0.00000576. The average Bonchev–Trinajstić information content (AvgIpc) is 2.59. The maximum absolute atomic E-state index is 12.9. The molecule has 0 heterocycles. The summed E-state index contributed by atoms with van der Waals surface area (Å²) in [6.07, 6.45) is 0.0766. The van der Waals surface area contributed by atoms with Crippen molar-refractivity contribution in [3.8, 4) is 0 Å². The molecule has 1 aromatic carbocycles. The highest BCUT2D eigenvalue weighted by Gasteiger charge is 2.07. The summed E-state index contributed by atoms with van der Waals surface area (Å²) in [6, 6.07) is 5.78. The van der Waals surface area contributed by atoms with E-state index in [0.717, 1.165) is 13.0 Å². The average molecular weight is 469 g/mol.